The van der Waals surface area contributed by atoms with E-state index < -0.39 is 0 Å². The molecule has 0 aromatic heterocycles. The Balaban J connectivity index is 2.61. The zero-order valence-electron chi connectivity index (χ0n) is 10.4. The molecule has 20 heavy (non-hydrogen) atoms. The van der Waals surface area contributed by atoms with Gasteiger partial charge in [0.15, 0.2) is 11.5 Å². The maximum Gasteiger partial charge on any atom is 0.199 e. The van der Waals surface area contributed by atoms with Crippen LogP contribution < -0.4 is 10.5 Å². The second-order valence-electron chi connectivity index (χ2n) is 4.00. The first kappa shape index (κ1) is 15.0. The summed E-state index contributed by atoms with van der Waals surface area (Å²) in [7, 11) is 1.44. The van der Waals surface area contributed by atoms with E-state index in [0.717, 1.165) is 0 Å². The number of hydrogen-bond donors (Lipinski definition) is 1. The Morgan fingerprint density at radius 2 is 1.75 bits per heavy atom. The first-order valence-corrected chi connectivity index (χ1v) is 6.70. The summed E-state index contributed by atoms with van der Waals surface area (Å²) in [6.07, 6.45) is 0. The van der Waals surface area contributed by atoms with Crippen molar-refractivity contribution in [3.63, 3.8) is 0 Å². The van der Waals surface area contributed by atoms with Crippen molar-refractivity contribution in [2.24, 2.45) is 0 Å². The van der Waals surface area contributed by atoms with E-state index in [1.165, 1.54) is 19.2 Å². The molecule has 2 aromatic carbocycles. The topological polar surface area (TPSA) is 52.3 Å². The highest BCUT2D eigenvalue weighted by atomic mass is 35.5. The molecule has 104 valence electrons. The van der Waals surface area contributed by atoms with Gasteiger partial charge in [0.1, 0.15) is 0 Å². The van der Waals surface area contributed by atoms with Gasteiger partial charge in [0, 0.05) is 5.02 Å². The molecular formula is C14H10Cl3NO2. The number of ketones is 1. The van der Waals surface area contributed by atoms with E-state index in [1.807, 2.05) is 0 Å². The van der Waals surface area contributed by atoms with E-state index in [9.17, 15) is 4.79 Å². The first-order chi connectivity index (χ1) is 9.45. The Bertz CT molecular complexity index is 663. The Hall–Kier alpha value is -1.42. The lowest BCUT2D eigenvalue weighted by atomic mass is 10.0. The smallest absolute Gasteiger partial charge is 0.199 e. The van der Waals surface area contributed by atoms with Gasteiger partial charge in [-0.3, -0.25) is 4.79 Å². The number of anilines is 1. The minimum Gasteiger partial charge on any atom is -0.494 e. The molecule has 2 N–H and O–H groups in total. The van der Waals surface area contributed by atoms with Crippen LogP contribution in [0.1, 0.15) is 15.9 Å². The zero-order chi connectivity index (χ0) is 14.9. The molecule has 0 radical (unpaired) electrons. The molecule has 0 fully saturated rings. The SMILES string of the molecule is COc1c(N)cccc1C(=O)c1c(Cl)cc(Cl)cc1Cl. The number of nitrogens with two attached hydrogens (primary N) is 1. The molecule has 0 aliphatic rings. The van der Waals surface area contributed by atoms with Crippen LogP contribution in [0.25, 0.3) is 0 Å². The average Bonchev–Trinajstić information content (AvgIpc) is 2.37. The van der Waals surface area contributed by atoms with Gasteiger partial charge < -0.3 is 10.5 Å². The lowest BCUT2D eigenvalue weighted by Gasteiger charge is -2.12. The summed E-state index contributed by atoms with van der Waals surface area (Å²) in [5.41, 5.74) is 6.60. The fourth-order valence-corrected chi connectivity index (χ4v) is 2.84. The predicted molar refractivity (Wildman–Crippen MR) is 82.3 cm³/mol. The Morgan fingerprint density at radius 3 is 2.30 bits per heavy atom. The van der Waals surface area contributed by atoms with Gasteiger partial charge in [-0.25, -0.2) is 0 Å². The lowest BCUT2D eigenvalue weighted by molar-refractivity contribution is 0.103. The maximum absolute atomic E-state index is 12.6. The van der Waals surface area contributed by atoms with Crippen LogP contribution in [0.15, 0.2) is 30.3 Å². The van der Waals surface area contributed by atoms with Crippen molar-refractivity contribution in [2.75, 3.05) is 12.8 Å². The number of methoxy groups -OCH3 is 1. The van der Waals surface area contributed by atoms with Crippen LogP contribution in [0.2, 0.25) is 15.1 Å². The van der Waals surface area contributed by atoms with E-state index in [1.54, 1.807) is 18.2 Å². The molecule has 0 atom stereocenters. The summed E-state index contributed by atoms with van der Waals surface area (Å²) in [5.74, 6) is -0.0830. The minimum atomic E-state index is -0.374. The van der Waals surface area contributed by atoms with Crippen LogP contribution in [0.4, 0.5) is 5.69 Å². The highest BCUT2D eigenvalue weighted by Gasteiger charge is 2.21. The van der Waals surface area contributed by atoms with Gasteiger partial charge in [0.05, 0.1) is 34.0 Å². The molecule has 0 saturated heterocycles. The summed E-state index contributed by atoms with van der Waals surface area (Å²) < 4.78 is 5.16. The Labute approximate surface area is 131 Å². The molecule has 0 aliphatic heterocycles. The number of nitrogen functional groups attached to an aromatic ring is 1. The number of carbonyl (C=O) groups excluding carboxylic acids is 1. The molecule has 2 rings (SSSR count). The molecule has 6 heteroatoms. The number of benzene rings is 2. The fraction of sp³-hybridized carbons (Fsp3) is 0.0714. The van der Waals surface area contributed by atoms with Crippen molar-refractivity contribution in [2.45, 2.75) is 0 Å². The monoisotopic (exact) mass is 329 g/mol. The van der Waals surface area contributed by atoms with Gasteiger partial charge >= 0.3 is 0 Å². The Morgan fingerprint density at radius 1 is 1.15 bits per heavy atom. The van der Waals surface area contributed by atoms with E-state index in [2.05, 4.69) is 0 Å². The molecule has 0 unspecified atom stereocenters. The molecule has 0 saturated carbocycles. The highest BCUT2D eigenvalue weighted by Crippen LogP contribution is 2.34. The van der Waals surface area contributed by atoms with Crippen LogP contribution >= 0.6 is 34.8 Å². The highest BCUT2D eigenvalue weighted by molar-refractivity contribution is 6.43. The quantitative estimate of drug-likeness (QED) is 0.667. The summed E-state index contributed by atoms with van der Waals surface area (Å²) in [6.45, 7) is 0. The van der Waals surface area contributed by atoms with Gasteiger partial charge in [-0.05, 0) is 24.3 Å². The molecule has 0 heterocycles. The van der Waals surface area contributed by atoms with Gasteiger partial charge in [-0.2, -0.15) is 0 Å². The second kappa shape index (κ2) is 5.92. The molecule has 0 spiro atoms. The maximum atomic E-state index is 12.6. The second-order valence-corrected chi connectivity index (χ2v) is 5.25. The van der Waals surface area contributed by atoms with E-state index >= 15 is 0 Å². The number of rotatable bonds is 3. The van der Waals surface area contributed by atoms with Crippen LogP contribution in [-0.2, 0) is 0 Å². The van der Waals surface area contributed by atoms with Crippen molar-refractivity contribution in [3.8, 4) is 5.75 Å². The molecule has 3 nitrogen and oxygen atoms in total. The van der Waals surface area contributed by atoms with Crippen molar-refractivity contribution >= 4 is 46.3 Å². The van der Waals surface area contributed by atoms with Crippen molar-refractivity contribution < 1.29 is 9.53 Å². The lowest BCUT2D eigenvalue weighted by Crippen LogP contribution is -2.07. The third-order valence-corrected chi connectivity index (χ3v) is 3.54. The summed E-state index contributed by atoms with van der Waals surface area (Å²) in [6, 6.07) is 7.81. The van der Waals surface area contributed by atoms with Crippen molar-refractivity contribution in [3.05, 3.63) is 56.5 Å². The predicted octanol–water partition coefficient (Wildman–Crippen LogP) is 4.47. The third-order valence-electron chi connectivity index (χ3n) is 2.73. The summed E-state index contributed by atoms with van der Waals surface area (Å²) in [4.78, 5) is 12.6. The van der Waals surface area contributed by atoms with Crippen molar-refractivity contribution in [1.82, 2.24) is 0 Å². The minimum absolute atomic E-state index is 0.168. The molecule has 0 amide bonds. The number of para-hydroxylation sites is 1. The first-order valence-electron chi connectivity index (χ1n) is 5.57. The number of halogens is 3. The van der Waals surface area contributed by atoms with Gasteiger partial charge in [-0.1, -0.05) is 40.9 Å². The van der Waals surface area contributed by atoms with Gasteiger partial charge in [0.25, 0.3) is 0 Å². The molecular weight excluding hydrogens is 321 g/mol. The largest absolute Gasteiger partial charge is 0.494 e. The summed E-state index contributed by atoms with van der Waals surface area (Å²) >= 11 is 17.9. The third kappa shape index (κ3) is 2.70. The van der Waals surface area contributed by atoms with E-state index in [-0.39, 0.29) is 21.4 Å². The van der Waals surface area contributed by atoms with Crippen molar-refractivity contribution in [1.29, 1.82) is 0 Å². The number of hydrogen-bond acceptors (Lipinski definition) is 3. The van der Waals surface area contributed by atoms with Gasteiger partial charge in [0.2, 0.25) is 0 Å². The zero-order valence-corrected chi connectivity index (χ0v) is 12.7. The Kier molecular flexibility index (Phi) is 4.43. The van der Waals surface area contributed by atoms with Gasteiger partial charge in [-0.15, -0.1) is 0 Å². The number of ether oxygens (including phenoxy) is 1. The fourth-order valence-electron chi connectivity index (χ4n) is 1.86. The molecule has 2 aromatic rings. The normalized spacial score (nSPS) is 10.4. The number of carbonyl (C=O) groups is 1. The van der Waals surface area contributed by atoms with Crippen LogP contribution in [-0.4, -0.2) is 12.9 Å². The van der Waals surface area contributed by atoms with Crippen LogP contribution in [0, 0.1) is 0 Å². The average molecular weight is 331 g/mol. The van der Waals surface area contributed by atoms with E-state index in [4.69, 9.17) is 45.3 Å². The standard InChI is InChI=1S/C14H10Cl3NO2/c1-20-14-8(3-2-4-11(14)18)13(19)12-9(16)5-7(15)6-10(12)17/h2-6H,18H2,1H3. The van der Waals surface area contributed by atoms with Crippen LogP contribution in [0.3, 0.4) is 0 Å². The summed E-state index contributed by atoms with van der Waals surface area (Å²) in [5, 5.41) is 0.713. The molecule has 0 aliphatic carbocycles. The molecule has 0 bridgehead atoms. The van der Waals surface area contributed by atoms with Crippen LogP contribution in [0.5, 0.6) is 5.75 Å². The van der Waals surface area contributed by atoms with E-state index in [0.29, 0.717) is 22.0 Å².